The van der Waals surface area contributed by atoms with Gasteiger partial charge in [0.2, 0.25) is 0 Å². The van der Waals surface area contributed by atoms with Gasteiger partial charge in [0.05, 0.1) is 0 Å². The molecule has 0 aliphatic carbocycles. The maximum atomic E-state index is 6.58. The molecular weight excluding hydrogens is 468 g/mol. The molecule has 0 aromatic rings. The van der Waals surface area contributed by atoms with Gasteiger partial charge in [-0.1, -0.05) is 0 Å². The topological polar surface area (TPSA) is 0 Å². The van der Waals surface area contributed by atoms with Crippen molar-refractivity contribution in [2.45, 2.75) is -0.565 Å². The number of halogens is 3. The van der Waals surface area contributed by atoms with Gasteiger partial charge in [-0.15, -0.1) is 0 Å². The summed E-state index contributed by atoms with van der Waals surface area (Å²) in [4.78, 5) is 0. The monoisotopic (exact) mass is 468 g/mol. The SMILES string of the molecule is [C-]#CC(I)(I)I.[V]. The van der Waals surface area contributed by atoms with Crippen LogP contribution in [0.1, 0.15) is 0 Å². The first-order valence-corrected chi connectivity index (χ1v) is 4.30. The molecule has 39 valence electrons. The van der Waals surface area contributed by atoms with Gasteiger partial charge in [-0.25, -0.2) is 0 Å². The number of rotatable bonds is 0. The van der Waals surface area contributed by atoms with Crippen LogP contribution in [0.5, 0.6) is 0 Å². The van der Waals surface area contributed by atoms with E-state index in [1.165, 1.54) is 0 Å². The Morgan fingerprint density at radius 1 is 1.29 bits per heavy atom. The Labute approximate surface area is 96.3 Å². The molecule has 0 saturated carbocycles. The van der Waals surface area contributed by atoms with E-state index in [2.05, 4.69) is 73.7 Å². The Morgan fingerprint density at radius 3 is 1.43 bits per heavy atom. The van der Waals surface area contributed by atoms with Crippen LogP contribution in [0.2, 0.25) is 0 Å². The summed E-state index contributed by atoms with van der Waals surface area (Å²) in [5.41, 5.74) is 0. The van der Waals surface area contributed by atoms with Gasteiger partial charge in [-0.05, 0) is 67.8 Å². The largest absolute Gasteiger partial charge is 0.691 e. The van der Waals surface area contributed by atoms with Gasteiger partial charge in [0.1, 0.15) is -0.565 Å². The molecule has 0 N–H and O–H groups in total. The van der Waals surface area contributed by atoms with Crippen molar-refractivity contribution in [1.29, 1.82) is 0 Å². The van der Waals surface area contributed by atoms with Crippen LogP contribution in [0.25, 0.3) is 0 Å². The van der Waals surface area contributed by atoms with Crippen LogP contribution < -0.4 is 0 Å². The maximum Gasteiger partial charge on any atom is 0.146 e. The predicted octanol–water partition coefficient (Wildman–Crippen LogP) is 2.53. The second kappa shape index (κ2) is 5.15. The molecule has 0 heterocycles. The minimum atomic E-state index is -0.132. The van der Waals surface area contributed by atoms with Crippen LogP contribution in [-0.2, 0) is 18.6 Å². The second-order valence-electron chi connectivity index (χ2n) is 0.623. The summed E-state index contributed by atoms with van der Waals surface area (Å²) >= 11 is 6.35. The van der Waals surface area contributed by atoms with Crippen molar-refractivity contribution in [3.63, 3.8) is 0 Å². The van der Waals surface area contributed by atoms with Crippen molar-refractivity contribution in [3.05, 3.63) is 6.42 Å². The molecule has 0 bridgehead atoms. The molecule has 0 amide bonds. The van der Waals surface area contributed by atoms with Crippen molar-refractivity contribution < 1.29 is 18.6 Å². The molecule has 0 aliphatic rings. The van der Waals surface area contributed by atoms with Crippen molar-refractivity contribution in [2.24, 2.45) is 0 Å². The molecule has 0 rings (SSSR count). The van der Waals surface area contributed by atoms with Gasteiger partial charge in [0.25, 0.3) is 0 Å². The van der Waals surface area contributed by atoms with Crippen LogP contribution >= 0.6 is 67.8 Å². The molecule has 0 nitrogen and oxygen atoms in total. The quantitative estimate of drug-likeness (QED) is 0.222. The van der Waals surface area contributed by atoms with Crippen LogP contribution in [0.3, 0.4) is 0 Å². The average Bonchev–Trinajstić information content (AvgIpc) is 1.35. The zero-order chi connectivity index (χ0) is 5.21. The van der Waals surface area contributed by atoms with Gasteiger partial charge in [-0.2, -0.15) is 0 Å². The van der Waals surface area contributed by atoms with E-state index in [9.17, 15) is 0 Å². The molecule has 0 fully saturated rings. The predicted molar refractivity (Wildman–Crippen MR) is 51.9 cm³/mol. The van der Waals surface area contributed by atoms with E-state index in [1.54, 1.807) is 0 Å². The van der Waals surface area contributed by atoms with E-state index < -0.39 is 0 Å². The zero-order valence-corrected chi connectivity index (χ0v) is 11.0. The van der Waals surface area contributed by atoms with Gasteiger partial charge in [0, 0.05) is 18.6 Å². The fraction of sp³-hybridized carbons (Fsp3) is 0.333. The third-order valence-corrected chi connectivity index (χ3v) is 0.951. The standard InChI is InChI=1S/C3I3.V/c1-2-3(4,5)6;/q-1;. The van der Waals surface area contributed by atoms with Crippen molar-refractivity contribution in [3.8, 4) is 5.92 Å². The molecule has 0 atom stereocenters. The summed E-state index contributed by atoms with van der Waals surface area (Å²) in [6.07, 6.45) is 6.58. The molecule has 0 unspecified atom stereocenters. The molecule has 0 aromatic carbocycles. The molecule has 0 saturated heterocycles. The number of alkyl halides is 3. The molecular formula is C3I3V-. The molecule has 0 aromatic heterocycles. The van der Waals surface area contributed by atoms with Gasteiger partial charge in [-0.3, -0.25) is 0 Å². The average molecular weight is 468 g/mol. The van der Waals surface area contributed by atoms with E-state index in [0.717, 1.165) is 0 Å². The van der Waals surface area contributed by atoms with Gasteiger partial charge < -0.3 is 12.3 Å². The Balaban J connectivity index is 0. The van der Waals surface area contributed by atoms with Crippen molar-refractivity contribution in [2.75, 3.05) is 0 Å². The van der Waals surface area contributed by atoms with E-state index in [0.29, 0.717) is 0 Å². The minimum absolute atomic E-state index is 0. The summed E-state index contributed by atoms with van der Waals surface area (Å²) in [5, 5.41) is 0. The Hall–Kier alpha value is 2.33. The third kappa shape index (κ3) is 11.8. The van der Waals surface area contributed by atoms with Gasteiger partial charge in [0.15, 0.2) is 0 Å². The first-order chi connectivity index (χ1) is 2.56. The molecule has 0 spiro atoms. The van der Waals surface area contributed by atoms with Crippen LogP contribution in [0, 0.1) is 12.3 Å². The normalized spacial score (nSPS) is 8.86. The van der Waals surface area contributed by atoms with Crippen LogP contribution in [0.4, 0.5) is 0 Å². The third-order valence-electron chi connectivity index (χ3n) is 0.142. The van der Waals surface area contributed by atoms with E-state index >= 15 is 0 Å². The summed E-state index contributed by atoms with van der Waals surface area (Å²) < 4.78 is -0.132. The summed E-state index contributed by atoms with van der Waals surface area (Å²) in [5.74, 6) is 2.31. The molecule has 1 radical (unpaired) electrons. The smallest absolute Gasteiger partial charge is 0.146 e. The van der Waals surface area contributed by atoms with Crippen molar-refractivity contribution in [1.82, 2.24) is 0 Å². The maximum absolute atomic E-state index is 6.58. The Morgan fingerprint density at radius 2 is 1.43 bits per heavy atom. The van der Waals surface area contributed by atoms with Gasteiger partial charge >= 0.3 is 0 Å². The number of hydrogen-bond acceptors (Lipinski definition) is 0. The van der Waals surface area contributed by atoms with E-state index in [-0.39, 0.29) is 18.0 Å². The second-order valence-corrected chi connectivity index (χ2v) is 11.7. The van der Waals surface area contributed by atoms with E-state index in [4.69, 9.17) is 6.42 Å². The number of hydrogen-bond donors (Lipinski definition) is 0. The van der Waals surface area contributed by atoms with Crippen LogP contribution in [0.15, 0.2) is 0 Å². The molecule has 7 heavy (non-hydrogen) atoms. The van der Waals surface area contributed by atoms with Crippen molar-refractivity contribution >= 4 is 67.8 Å². The first kappa shape index (κ1) is 12.1. The first-order valence-electron chi connectivity index (χ1n) is 1.07. The Kier molecular flexibility index (Phi) is 8.86. The molecule has 4 heteroatoms. The fourth-order valence-corrected chi connectivity index (χ4v) is 0. The summed E-state index contributed by atoms with van der Waals surface area (Å²) in [6, 6.07) is 0. The molecule has 0 aliphatic heterocycles. The fourth-order valence-electron chi connectivity index (χ4n) is 0. The summed E-state index contributed by atoms with van der Waals surface area (Å²) in [7, 11) is 0. The summed E-state index contributed by atoms with van der Waals surface area (Å²) in [6.45, 7) is 0. The Bertz CT molecular complexity index is 77.2. The van der Waals surface area contributed by atoms with E-state index in [1.807, 2.05) is 0 Å². The van der Waals surface area contributed by atoms with Crippen LogP contribution in [-0.4, -0.2) is -0.565 Å². The minimum Gasteiger partial charge on any atom is -0.691 e. The zero-order valence-electron chi connectivity index (χ0n) is 3.08.